The van der Waals surface area contributed by atoms with E-state index in [0.29, 0.717) is 11.1 Å². The molecule has 0 aliphatic carbocycles. The Hall–Kier alpha value is -1.81. The summed E-state index contributed by atoms with van der Waals surface area (Å²) in [6.45, 7) is 4.78. The minimum atomic E-state index is -0.901. The maximum absolute atomic E-state index is 10.8. The molecule has 98 valence electrons. The fraction of sp³-hybridized carbons (Fsp3) is 0.357. The molecule has 18 heavy (non-hydrogen) atoms. The lowest BCUT2D eigenvalue weighted by atomic mass is 9.93. The number of benzene rings is 1. The number of hydrogen-bond acceptors (Lipinski definition) is 4. The lowest BCUT2D eigenvalue weighted by molar-refractivity contribution is -0.112. The van der Waals surface area contributed by atoms with Crippen molar-refractivity contribution in [1.82, 2.24) is 0 Å². The van der Waals surface area contributed by atoms with Crippen LogP contribution >= 0.6 is 0 Å². The molecule has 0 radical (unpaired) electrons. The Morgan fingerprint density at radius 2 is 1.89 bits per heavy atom. The number of carbonyl (C=O) groups excluding carboxylic acids is 1. The first-order valence-electron chi connectivity index (χ1n) is 5.72. The molecule has 4 heteroatoms. The normalized spacial score (nSPS) is 14.7. The van der Waals surface area contributed by atoms with Gasteiger partial charge in [-0.3, -0.25) is 4.79 Å². The van der Waals surface area contributed by atoms with Gasteiger partial charge in [-0.2, -0.15) is 0 Å². The number of allylic oxidation sites excluding steroid dienone is 1. The van der Waals surface area contributed by atoms with E-state index in [1.54, 1.807) is 13.8 Å². The third kappa shape index (κ3) is 3.34. The van der Waals surface area contributed by atoms with E-state index < -0.39 is 12.0 Å². The fourth-order valence-electron chi connectivity index (χ4n) is 1.65. The van der Waals surface area contributed by atoms with Gasteiger partial charge >= 0.3 is 0 Å². The standard InChI is InChI=1S/C14H18O4/c1-8-6-14(18)11(7-13(8)17)10(3)12(16)5-4-9(2)15/h4-7,10,12,16-18H,1-3H3. The lowest BCUT2D eigenvalue weighted by Gasteiger charge is -2.18. The number of phenols is 2. The molecular formula is C14H18O4. The summed E-state index contributed by atoms with van der Waals surface area (Å²) >= 11 is 0. The molecule has 1 rings (SSSR count). The van der Waals surface area contributed by atoms with E-state index in [0.717, 1.165) is 0 Å². The number of rotatable bonds is 4. The average Bonchev–Trinajstić information content (AvgIpc) is 2.29. The Kier molecular flexibility index (Phi) is 4.50. The molecule has 0 amide bonds. The molecule has 0 bridgehead atoms. The number of aryl methyl sites for hydroxylation is 1. The van der Waals surface area contributed by atoms with Gasteiger partial charge in [0.1, 0.15) is 11.5 Å². The van der Waals surface area contributed by atoms with Gasteiger partial charge in [-0.15, -0.1) is 0 Å². The van der Waals surface area contributed by atoms with Crippen molar-refractivity contribution in [2.24, 2.45) is 0 Å². The van der Waals surface area contributed by atoms with E-state index in [-0.39, 0.29) is 17.3 Å². The highest BCUT2D eigenvalue weighted by molar-refractivity contribution is 5.87. The third-order valence-electron chi connectivity index (χ3n) is 2.88. The first-order valence-corrected chi connectivity index (χ1v) is 5.72. The van der Waals surface area contributed by atoms with Crippen molar-refractivity contribution in [2.75, 3.05) is 0 Å². The number of carbonyl (C=O) groups is 1. The number of phenolic OH excluding ortho intramolecular Hbond substituents is 2. The van der Waals surface area contributed by atoms with Crippen molar-refractivity contribution in [3.05, 3.63) is 35.4 Å². The monoisotopic (exact) mass is 250 g/mol. The summed E-state index contributed by atoms with van der Waals surface area (Å²) in [4.78, 5) is 10.8. The molecule has 0 saturated carbocycles. The molecule has 3 N–H and O–H groups in total. The van der Waals surface area contributed by atoms with Crippen LogP contribution in [0.1, 0.15) is 30.9 Å². The molecule has 2 unspecified atom stereocenters. The minimum Gasteiger partial charge on any atom is -0.508 e. The topological polar surface area (TPSA) is 77.8 Å². The van der Waals surface area contributed by atoms with Gasteiger partial charge in [-0.1, -0.05) is 13.0 Å². The Labute approximate surface area is 106 Å². The average molecular weight is 250 g/mol. The molecule has 0 fully saturated rings. The molecule has 0 aromatic heterocycles. The first kappa shape index (κ1) is 14.3. The summed E-state index contributed by atoms with van der Waals surface area (Å²) < 4.78 is 0. The van der Waals surface area contributed by atoms with E-state index >= 15 is 0 Å². The van der Waals surface area contributed by atoms with E-state index in [2.05, 4.69) is 0 Å². The Bertz CT molecular complexity index is 477. The van der Waals surface area contributed by atoms with Crippen LogP contribution in [-0.2, 0) is 4.79 Å². The van der Waals surface area contributed by atoms with E-state index in [4.69, 9.17) is 0 Å². The van der Waals surface area contributed by atoms with E-state index in [9.17, 15) is 20.1 Å². The van der Waals surface area contributed by atoms with Gasteiger partial charge in [0.2, 0.25) is 0 Å². The molecule has 0 spiro atoms. The van der Waals surface area contributed by atoms with E-state index in [1.165, 1.54) is 31.2 Å². The summed E-state index contributed by atoms with van der Waals surface area (Å²) in [5, 5.41) is 29.3. The Balaban J connectivity index is 3.00. The predicted octanol–water partition coefficient (Wildman–Crippen LogP) is 2.02. The minimum absolute atomic E-state index is 0.0214. The Morgan fingerprint density at radius 3 is 2.44 bits per heavy atom. The number of aliphatic hydroxyl groups is 1. The molecule has 4 nitrogen and oxygen atoms in total. The number of hydrogen-bond donors (Lipinski definition) is 3. The van der Waals surface area contributed by atoms with Crippen molar-refractivity contribution >= 4 is 5.78 Å². The zero-order valence-electron chi connectivity index (χ0n) is 10.7. The zero-order valence-corrected chi connectivity index (χ0v) is 10.7. The molecule has 0 heterocycles. The van der Waals surface area contributed by atoms with Crippen molar-refractivity contribution in [3.8, 4) is 11.5 Å². The third-order valence-corrected chi connectivity index (χ3v) is 2.88. The largest absolute Gasteiger partial charge is 0.508 e. The maximum atomic E-state index is 10.8. The zero-order chi connectivity index (χ0) is 13.9. The van der Waals surface area contributed by atoms with Gasteiger partial charge < -0.3 is 15.3 Å². The van der Waals surface area contributed by atoms with Crippen LogP contribution < -0.4 is 0 Å². The van der Waals surface area contributed by atoms with Crippen molar-refractivity contribution in [2.45, 2.75) is 32.8 Å². The summed E-state index contributed by atoms with van der Waals surface area (Å²) in [6, 6.07) is 2.88. The van der Waals surface area contributed by atoms with Gasteiger partial charge in [0, 0.05) is 11.5 Å². The van der Waals surface area contributed by atoms with E-state index in [1.807, 2.05) is 0 Å². The lowest BCUT2D eigenvalue weighted by Crippen LogP contribution is -2.13. The summed E-state index contributed by atoms with van der Waals surface area (Å²) in [5.41, 5.74) is 1.01. The quantitative estimate of drug-likeness (QED) is 0.564. The molecule has 1 aromatic carbocycles. The molecule has 0 aliphatic heterocycles. The number of aromatic hydroxyl groups is 2. The van der Waals surface area contributed by atoms with Crippen LogP contribution in [0.3, 0.4) is 0 Å². The SMILES string of the molecule is CC(=O)C=CC(O)C(C)c1cc(O)c(C)cc1O. The second-order valence-electron chi connectivity index (χ2n) is 4.45. The fourth-order valence-corrected chi connectivity index (χ4v) is 1.65. The van der Waals surface area contributed by atoms with Crippen molar-refractivity contribution < 1.29 is 20.1 Å². The summed E-state index contributed by atoms with van der Waals surface area (Å²) in [6.07, 6.45) is 1.76. The predicted molar refractivity (Wildman–Crippen MR) is 68.8 cm³/mol. The van der Waals surface area contributed by atoms with Crippen LogP contribution in [-0.4, -0.2) is 27.2 Å². The molecular weight excluding hydrogens is 232 g/mol. The second-order valence-corrected chi connectivity index (χ2v) is 4.45. The maximum Gasteiger partial charge on any atom is 0.152 e. The van der Waals surface area contributed by atoms with Crippen LogP contribution in [0, 0.1) is 6.92 Å². The molecule has 0 aliphatic rings. The van der Waals surface area contributed by atoms with Crippen molar-refractivity contribution in [1.29, 1.82) is 0 Å². The van der Waals surface area contributed by atoms with Crippen LogP contribution in [0.15, 0.2) is 24.3 Å². The Morgan fingerprint density at radius 1 is 1.28 bits per heavy atom. The van der Waals surface area contributed by atoms with Crippen molar-refractivity contribution in [3.63, 3.8) is 0 Å². The molecule has 1 aromatic rings. The highest BCUT2D eigenvalue weighted by atomic mass is 16.3. The van der Waals surface area contributed by atoms with Crippen LogP contribution in [0.4, 0.5) is 0 Å². The summed E-state index contributed by atoms with van der Waals surface area (Å²) in [5.74, 6) is -0.491. The summed E-state index contributed by atoms with van der Waals surface area (Å²) in [7, 11) is 0. The number of aliphatic hydroxyl groups excluding tert-OH is 1. The highest BCUT2D eigenvalue weighted by Crippen LogP contribution is 2.33. The van der Waals surface area contributed by atoms with Crippen LogP contribution in [0.25, 0.3) is 0 Å². The van der Waals surface area contributed by atoms with Gasteiger partial charge in [0.15, 0.2) is 5.78 Å². The van der Waals surface area contributed by atoms with Gasteiger partial charge in [0.25, 0.3) is 0 Å². The van der Waals surface area contributed by atoms with Gasteiger partial charge in [0.05, 0.1) is 6.10 Å². The van der Waals surface area contributed by atoms with Gasteiger partial charge in [-0.25, -0.2) is 0 Å². The van der Waals surface area contributed by atoms with Crippen LogP contribution in [0.5, 0.6) is 11.5 Å². The second kappa shape index (κ2) is 5.69. The molecule has 2 atom stereocenters. The molecule has 0 saturated heterocycles. The first-order chi connectivity index (χ1) is 8.32. The highest BCUT2D eigenvalue weighted by Gasteiger charge is 2.18. The number of ketones is 1. The van der Waals surface area contributed by atoms with Crippen LogP contribution in [0.2, 0.25) is 0 Å². The smallest absolute Gasteiger partial charge is 0.152 e. The van der Waals surface area contributed by atoms with Gasteiger partial charge in [-0.05, 0) is 37.6 Å².